The van der Waals surface area contributed by atoms with Gasteiger partial charge in [-0.3, -0.25) is 14.3 Å². The van der Waals surface area contributed by atoms with Crippen molar-refractivity contribution in [3.63, 3.8) is 0 Å². The average Bonchev–Trinajstić information content (AvgIpc) is 3.01. The van der Waals surface area contributed by atoms with Crippen LogP contribution in [0.25, 0.3) is 10.9 Å². The van der Waals surface area contributed by atoms with E-state index in [0.717, 1.165) is 4.90 Å². The summed E-state index contributed by atoms with van der Waals surface area (Å²) in [6.07, 6.45) is -3.20. The molecule has 10 heteroatoms. The molecule has 1 atom stereocenters. The number of benzene rings is 1. The summed E-state index contributed by atoms with van der Waals surface area (Å²) >= 11 is 6.40. The molecular weight excluding hydrogens is 399 g/mol. The molecule has 3 rings (SSSR count). The van der Waals surface area contributed by atoms with Crippen LogP contribution in [0.2, 0.25) is 5.02 Å². The third kappa shape index (κ3) is 3.94. The molecule has 6 nitrogen and oxygen atoms in total. The van der Waals surface area contributed by atoms with E-state index in [1.807, 2.05) is 6.92 Å². The first-order valence-electron chi connectivity index (χ1n) is 8.72. The summed E-state index contributed by atoms with van der Waals surface area (Å²) in [6.45, 7) is 0.794. The van der Waals surface area contributed by atoms with Crippen molar-refractivity contribution in [2.24, 2.45) is 5.92 Å². The molecule has 0 N–H and O–H groups in total. The van der Waals surface area contributed by atoms with E-state index in [9.17, 15) is 22.8 Å². The minimum absolute atomic E-state index is 0.102. The molecule has 1 amide bonds. The van der Waals surface area contributed by atoms with E-state index in [1.165, 1.54) is 7.11 Å². The number of hydrogen-bond donors (Lipinski definition) is 0. The van der Waals surface area contributed by atoms with Crippen LogP contribution in [0.4, 0.5) is 13.2 Å². The Kier molecular flexibility index (Phi) is 5.56. The van der Waals surface area contributed by atoms with Gasteiger partial charge in [0.25, 0.3) is 0 Å². The summed E-state index contributed by atoms with van der Waals surface area (Å²) < 4.78 is 45.5. The van der Waals surface area contributed by atoms with Crippen molar-refractivity contribution in [1.29, 1.82) is 0 Å². The highest BCUT2D eigenvalue weighted by Crippen LogP contribution is 2.36. The monoisotopic (exact) mass is 417 g/mol. The molecule has 0 bridgehead atoms. The van der Waals surface area contributed by atoms with Crippen molar-refractivity contribution >= 4 is 34.4 Å². The first-order valence-corrected chi connectivity index (χ1v) is 9.10. The predicted molar refractivity (Wildman–Crippen MR) is 95.7 cm³/mol. The van der Waals surface area contributed by atoms with Gasteiger partial charge in [0, 0.05) is 18.5 Å². The maximum Gasteiger partial charge on any atom is 0.406 e. The zero-order valence-corrected chi connectivity index (χ0v) is 16.1. The molecular formula is C18H19ClF3N3O3. The third-order valence-electron chi connectivity index (χ3n) is 4.87. The first-order chi connectivity index (χ1) is 13.1. The van der Waals surface area contributed by atoms with Crippen molar-refractivity contribution in [3.8, 4) is 0 Å². The number of carbonyl (C=O) groups is 2. The Morgan fingerprint density at radius 1 is 1.43 bits per heavy atom. The molecule has 0 radical (unpaired) electrons. The van der Waals surface area contributed by atoms with Gasteiger partial charge in [-0.15, -0.1) is 0 Å². The highest BCUT2D eigenvalue weighted by atomic mass is 35.5. The van der Waals surface area contributed by atoms with E-state index < -0.39 is 30.5 Å². The second-order valence-corrected chi connectivity index (χ2v) is 7.12. The lowest BCUT2D eigenvalue weighted by atomic mass is 9.93. The molecule has 2 aromatic rings. The van der Waals surface area contributed by atoms with Crippen LogP contribution in [0.15, 0.2) is 12.3 Å². The molecule has 0 saturated heterocycles. The maximum absolute atomic E-state index is 13.1. The van der Waals surface area contributed by atoms with Gasteiger partial charge in [-0.25, -0.2) is 0 Å². The topological polar surface area (TPSA) is 64.4 Å². The molecule has 1 aromatic heterocycles. The van der Waals surface area contributed by atoms with Crippen LogP contribution < -0.4 is 0 Å². The summed E-state index contributed by atoms with van der Waals surface area (Å²) in [6, 6.07) is 1.65. The lowest BCUT2D eigenvalue weighted by Crippen LogP contribution is -2.41. The fraction of sp³-hybridized carbons (Fsp3) is 0.500. The summed E-state index contributed by atoms with van der Waals surface area (Å²) in [5.74, 6) is -2.34. The Hall–Kier alpha value is -2.29. The number of nitrogens with zero attached hydrogens (tertiary/aromatic N) is 3. The predicted octanol–water partition coefficient (Wildman–Crippen LogP) is 3.34. The molecule has 1 aliphatic heterocycles. The van der Waals surface area contributed by atoms with Gasteiger partial charge in [0.15, 0.2) is 0 Å². The summed E-state index contributed by atoms with van der Waals surface area (Å²) in [5.41, 5.74) is 1.83. The molecule has 0 spiro atoms. The van der Waals surface area contributed by atoms with Crippen LogP contribution in [0, 0.1) is 5.92 Å². The minimum atomic E-state index is -4.56. The average molecular weight is 418 g/mol. The van der Waals surface area contributed by atoms with Gasteiger partial charge in [-0.1, -0.05) is 11.6 Å². The number of fused-ring (bicyclic) bond motifs is 3. The van der Waals surface area contributed by atoms with Crippen LogP contribution in [0.1, 0.15) is 24.5 Å². The fourth-order valence-electron chi connectivity index (χ4n) is 3.62. The molecule has 1 aliphatic rings. The van der Waals surface area contributed by atoms with Gasteiger partial charge in [0.1, 0.15) is 6.54 Å². The number of alkyl halides is 3. The maximum atomic E-state index is 13.1. The number of amides is 1. The van der Waals surface area contributed by atoms with Gasteiger partial charge in [0.05, 0.1) is 36.2 Å². The van der Waals surface area contributed by atoms with E-state index in [-0.39, 0.29) is 19.4 Å². The van der Waals surface area contributed by atoms with E-state index >= 15 is 0 Å². The molecule has 0 saturated carbocycles. The van der Waals surface area contributed by atoms with Gasteiger partial charge < -0.3 is 9.64 Å². The lowest BCUT2D eigenvalue weighted by Gasteiger charge is -2.25. The largest absolute Gasteiger partial charge is 0.469 e. The van der Waals surface area contributed by atoms with Gasteiger partial charge in [0.2, 0.25) is 5.91 Å². The Labute approximate surface area is 164 Å². The van der Waals surface area contributed by atoms with E-state index in [2.05, 4.69) is 9.84 Å². The molecule has 152 valence electrons. The van der Waals surface area contributed by atoms with Gasteiger partial charge in [-0.2, -0.15) is 18.3 Å². The van der Waals surface area contributed by atoms with Gasteiger partial charge >= 0.3 is 12.1 Å². The fourth-order valence-corrected chi connectivity index (χ4v) is 3.95. The van der Waals surface area contributed by atoms with Crippen molar-refractivity contribution in [2.45, 2.75) is 39.0 Å². The second-order valence-electron chi connectivity index (χ2n) is 6.71. The Morgan fingerprint density at radius 2 is 2.14 bits per heavy atom. The smallest absolute Gasteiger partial charge is 0.406 e. The molecule has 28 heavy (non-hydrogen) atoms. The second kappa shape index (κ2) is 7.62. The third-order valence-corrected chi connectivity index (χ3v) is 5.15. The van der Waals surface area contributed by atoms with Crippen molar-refractivity contribution in [3.05, 3.63) is 28.4 Å². The Morgan fingerprint density at radius 3 is 2.75 bits per heavy atom. The van der Waals surface area contributed by atoms with E-state index in [1.54, 1.807) is 16.9 Å². The number of hydrogen-bond acceptors (Lipinski definition) is 4. The lowest BCUT2D eigenvalue weighted by molar-refractivity contribution is -0.165. The number of halogens is 4. The molecule has 2 heterocycles. The molecule has 1 aromatic carbocycles. The van der Waals surface area contributed by atoms with Crippen LogP contribution in [-0.4, -0.2) is 46.4 Å². The van der Waals surface area contributed by atoms with E-state index in [0.29, 0.717) is 33.6 Å². The molecule has 0 aliphatic carbocycles. The number of carbonyl (C=O) groups excluding carboxylic acids is 2. The SMILES string of the molecule is CCn1ncc2c3c(cc(Cl)c21)CC(CC(=O)OC)C(=O)N(CC(F)(F)F)C3. The van der Waals surface area contributed by atoms with Gasteiger partial charge in [-0.05, 0) is 30.5 Å². The van der Waals surface area contributed by atoms with E-state index in [4.69, 9.17) is 11.6 Å². The summed E-state index contributed by atoms with van der Waals surface area (Å²) in [4.78, 5) is 25.2. The number of rotatable bonds is 4. The normalized spacial score (nSPS) is 17.6. The summed E-state index contributed by atoms with van der Waals surface area (Å²) in [5, 5.41) is 5.26. The molecule has 1 unspecified atom stereocenters. The summed E-state index contributed by atoms with van der Waals surface area (Å²) in [7, 11) is 1.17. The minimum Gasteiger partial charge on any atom is -0.469 e. The van der Waals surface area contributed by atoms with Crippen LogP contribution in [0.5, 0.6) is 0 Å². The number of ether oxygens (including phenoxy) is 1. The van der Waals surface area contributed by atoms with Crippen LogP contribution in [0.3, 0.4) is 0 Å². The highest BCUT2D eigenvalue weighted by Gasteiger charge is 2.39. The first kappa shape index (κ1) is 20.4. The van der Waals surface area contributed by atoms with Crippen LogP contribution >= 0.6 is 11.6 Å². The number of methoxy groups -OCH3 is 1. The van der Waals surface area contributed by atoms with Crippen LogP contribution in [-0.2, 0) is 33.8 Å². The number of aryl methyl sites for hydroxylation is 1. The van der Waals surface area contributed by atoms with Crippen molar-refractivity contribution in [2.75, 3.05) is 13.7 Å². The zero-order valence-electron chi connectivity index (χ0n) is 15.3. The number of aromatic nitrogens is 2. The number of esters is 1. The quantitative estimate of drug-likeness (QED) is 0.716. The zero-order chi connectivity index (χ0) is 20.6. The molecule has 0 fully saturated rings. The Balaban J connectivity index is 2.13. The highest BCUT2D eigenvalue weighted by molar-refractivity contribution is 6.35. The standard InChI is InChI=1S/C18H19ClF3N3O3/c1-3-25-16-12(7-23-25)13-8-24(9-18(20,21)22)17(27)11(6-15(26)28-2)4-10(13)5-14(16)19/h5,7,11H,3-4,6,8-9H2,1-2H3. The van der Waals surface area contributed by atoms with Crippen molar-refractivity contribution < 1.29 is 27.5 Å². The Bertz CT molecular complexity index is 926. The van der Waals surface area contributed by atoms with Crippen molar-refractivity contribution in [1.82, 2.24) is 14.7 Å².